The van der Waals surface area contributed by atoms with Crippen LogP contribution in [0.2, 0.25) is 5.02 Å². The molecular formula is C17H22ClN5O. The molecule has 1 atom stereocenters. The summed E-state index contributed by atoms with van der Waals surface area (Å²) in [7, 11) is 0. The molecule has 0 bridgehead atoms. The molecule has 0 aliphatic carbocycles. The topological polar surface area (TPSA) is 71.8 Å². The fraction of sp³-hybridized carbons (Fsp3) is 0.471. The van der Waals surface area contributed by atoms with Crippen LogP contribution in [0.1, 0.15) is 31.7 Å². The Morgan fingerprint density at radius 3 is 3.00 bits per heavy atom. The van der Waals surface area contributed by atoms with Crippen molar-refractivity contribution < 1.29 is 4.79 Å². The highest BCUT2D eigenvalue weighted by molar-refractivity contribution is 6.31. The van der Waals surface area contributed by atoms with Crippen molar-refractivity contribution in [1.29, 1.82) is 0 Å². The Bertz CT molecular complexity index is 727. The van der Waals surface area contributed by atoms with E-state index in [2.05, 4.69) is 20.7 Å². The molecule has 1 aromatic carbocycles. The lowest BCUT2D eigenvalue weighted by Crippen LogP contribution is -2.53. The van der Waals surface area contributed by atoms with E-state index in [-0.39, 0.29) is 12.1 Å². The third kappa shape index (κ3) is 4.06. The van der Waals surface area contributed by atoms with Crippen LogP contribution in [0.4, 0.5) is 4.79 Å². The van der Waals surface area contributed by atoms with E-state index in [1.54, 1.807) is 6.33 Å². The summed E-state index contributed by atoms with van der Waals surface area (Å²) in [5, 5.41) is 11.0. The Hall–Kier alpha value is -2.08. The summed E-state index contributed by atoms with van der Waals surface area (Å²) in [5.74, 6) is 0.979. The second kappa shape index (κ2) is 6.81. The van der Waals surface area contributed by atoms with Crippen LogP contribution in [0, 0.1) is 0 Å². The molecule has 1 aliphatic rings. The average molecular weight is 348 g/mol. The van der Waals surface area contributed by atoms with Gasteiger partial charge in [-0.1, -0.05) is 29.8 Å². The highest BCUT2D eigenvalue weighted by atomic mass is 35.5. The zero-order valence-electron chi connectivity index (χ0n) is 13.9. The smallest absolute Gasteiger partial charge is 0.315 e. The minimum absolute atomic E-state index is 0.0651. The summed E-state index contributed by atoms with van der Waals surface area (Å²) in [6.45, 7) is 4.65. The first-order chi connectivity index (χ1) is 11.4. The van der Waals surface area contributed by atoms with Gasteiger partial charge in [0.15, 0.2) is 0 Å². The molecule has 2 aromatic rings. The fourth-order valence-corrected chi connectivity index (χ4v) is 3.25. The van der Waals surface area contributed by atoms with Gasteiger partial charge in [0.2, 0.25) is 0 Å². The Morgan fingerprint density at radius 1 is 1.42 bits per heavy atom. The van der Waals surface area contributed by atoms with Crippen molar-refractivity contribution in [3.63, 3.8) is 0 Å². The Kier molecular flexibility index (Phi) is 4.76. The minimum atomic E-state index is -0.401. The molecule has 0 saturated carbocycles. The number of aromatic nitrogens is 3. The fourth-order valence-electron chi connectivity index (χ4n) is 3.05. The highest BCUT2D eigenvalue weighted by Gasteiger charge is 2.25. The molecule has 6 nitrogen and oxygen atoms in total. The summed E-state index contributed by atoms with van der Waals surface area (Å²) >= 11 is 6.22. The van der Waals surface area contributed by atoms with Crippen molar-refractivity contribution in [2.75, 3.05) is 0 Å². The SMILES string of the molecule is CC(C)(Cc1ccccc1Cl)NC(=O)NC1CCc2ncnn2C1. The number of nitrogens with one attached hydrogen (secondary N) is 2. The molecular weight excluding hydrogens is 326 g/mol. The molecule has 128 valence electrons. The van der Waals surface area contributed by atoms with Gasteiger partial charge in [-0.15, -0.1) is 0 Å². The number of benzene rings is 1. The van der Waals surface area contributed by atoms with Crippen molar-refractivity contribution in [2.24, 2.45) is 0 Å². The van der Waals surface area contributed by atoms with Crippen LogP contribution in [-0.4, -0.2) is 32.4 Å². The van der Waals surface area contributed by atoms with Gasteiger partial charge in [-0.3, -0.25) is 0 Å². The summed E-state index contributed by atoms with van der Waals surface area (Å²) in [6, 6.07) is 7.60. The van der Waals surface area contributed by atoms with Crippen molar-refractivity contribution in [1.82, 2.24) is 25.4 Å². The van der Waals surface area contributed by atoms with Crippen LogP contribution in [-0.2, 0) is 19.4 Å². The molecule has 1 unspecified atom stereocenters. The molecule has 2 amide bonds. The number of carbonyl (C=O) groups is 1. The quantitative estimate of drug-likeness (QED) is 0.892. The zero-order chi connectivity index (χ0) is 17.2. The number of amides is 2. The number of aryl methyl sites for hydroxylation is 1. The van der Waals surface area contributed by atoms with Crippen LogP contribution in [0.5, 0.6) is 0 Å². The van der Waals surface area contributed by atoms with Crippen LogP contribution < -0.4 is 10.6 Å². The van der Waals surface area contributed by atoms with Crippen LogP contribution >= 0.6 is 11.6 Å². The van der Waals surface area contributed by atoms with E-state index in [4.69, 9.17) is 11.6 Å². The van der Waals surface area contributed by atoms with E-state index in [0.29, 0.717) is 13.0 Å². The molecule has 24 heavy (non-hydrogen) atoms. The summed E-state index contributed by atoms with van der Waals surface area (Å²) in [6.07, 6.45) is 3.92. The maximum atomic E-state index is 12.4. The second-order valence-electron chi connectivity index (χ2n) is 6.84. The van der Waals surface area contributed by atoms with Crippen molar-refractivity contribution in [2.45, 2.75) is 51.2 Å². The molecule has 0 spiro atoms. The lowest BCUT2D eigenvalue weighted by Gasteiger charge is -2.29. The first-order valence-corrected chi connectivity index (χ1v) is 8.49. The number of hydrogen-bond acceptors (Lipinski definition) is 3. The molecule has 0 saturated heterocycles. The maximum absolute atomic E-state index is 12.4. The lowest BCUT2D eigenvalue weighted by molar-refractivity contribution is 0.221. The molecule has 3 rings (SSSR count). The molecule has 0 radical (unpaired) electrons. The van der Waals surface area contributed by atoms with Gasteiger partial charge >= 0.3 is 6.03 Å². The van der Waals surface area contributed by atoms with E-state index in [1.807, 2.05) is 42.8 Å². The molecule has 2 heterocycles. The van der Waals surface area contributed by atoms with Gasteiger partial charge < -0.3 is 10.6 Å². The van der Waals surface area contributed by atoms with Crippen LogP contribution in [0.15, 0.2) is 30.6 Å². The van der Waals surface area contributed by atoms with Crippen molar-refractivity contribution >= 4 is 17.6 Å². The molecule has 2 N–H and O–H groups in total. The van der Waals surface area contributed by atoms with E-state index in [9.17, 15) is 4.79 Å². The summed E-state index contributed by atoms with van der Waals surface area (Å²) < 4.78 is 1.85. The summed E-state index contributed by atoms with van der Waals surface area (Å²) in [4.78, 5) is 16.5. The Balaban J connectivity index is 1.55. The number of hydrogen-bond donors (Lipinski definition) is 2. The van der Waals surface area contributed by atoms with E-state index in [0.717, 1.165) is 29.3 Å². The number of nitrogens with zero attached hydrogens (tertiary/aromatic N) is 3. The standard InChI is InChI=1S/C17H22ClN5O/c1-17(2,9-12-5-3-4-6-14(12)18)22-16(24)21-13-7-8-15-19-11-20-23(15)10-13/h3-6,11,13H,7-10H2,1-2H3,(H2,21,22,24). The van der Waals surface area contributed by atoms with E-state index >= 15 is 0 Å². The average Bonchev–Trinajstić information content (AvgIpc) is 2.96. The predicted octanol–water partition coefficient (Wildman–Crippen LogP) is 2.57. The van der Waals surface area contributed by atoms with Crippen LogP contribution in [0.25, 0.3) is 0 Å². The Morgan fingerprint density at radius 2 is 2.21 bits per heavy atom. The van der Waals surface area contributed by atoms with Gasteiger partial charge in [0.05, 0.1) is 12.6 Å². The van der Waals surface area contributed by atoms with Gasteiger partial charge in [0.1, 0.15) is 12.2 Å². The number of urea groups is 1. The number of rotatable bonds is 4. The molecule has 1 aromatic heterocycles. The maximum Gasteiger partial charge on any atom is 0.315 e. The third-order valence-electron chi connectivity index (χ3n) is 4.18. The molecule has 1 aliphatic heterocycles. The van der Waals surface area contributed by atoms with E-state index in [1.165, 1.54) is 0 Å². The Labute approximate surface area is 146 Å². The van der Waals surface area contributed by atoms with Crippen molar-refractivity contribution in [3.8, 4) is 0 Å². The number of carbonyl (C=O) groups excluding carboxylic acids is 1. The van der Waals surface area contributed by atoms with Gasteiger partial charge in [-0.25, -0.2) is 14.5 Å². The highest BCUT2D eigenvalue weighted by Crippen LogP contribution is 2.21. The van der Waals surface area contributed by atoms with Gasteiger partial charge in [0, 0.05) is 17.0 Å². The van der Waals surface area contributed by atoms with Gasteiger partial charge in [-0.2, -0.15) is 5.10 Å². The molecule has 7 heteroatoms. The number of halogens is 1. The van der Waals surface area contributed by atoms with Gasteiger partial charge in [-0.05, 0) is 38.3 Å². The normalized spacial score (nSPS) is 17.2. The van der Waals surface area contributed by atoms with Crippen molar-refractivity contribution in [3.05, 3.63) is 47.0 Å². The third-order valence-corrected chi connectivity index (χ3v) is 4.55. The lowest BCUT2D eigenvalue weighted by atomic mass is 9.95. The van der Waals surface area contributed by atoms with E-state index < -0.39 is 5.54 Å². The first-order valence-electron chi connectivity index (χ1n) is 8.12. The summed E-state index contributed by atoms with van der Waals surface area (Å²) in [5.41, 5.74) is 0.622. The monoisotopic (exact) mass is 347 g/mol. The second-order valence-corrected chi connectivity index (χ2v) is 7.25. The number of fused-ring (bicyclic) bond motifs is 1. The van der Waals surface area contributed by atoms with Crippen LogP contribution in [0.3, 0.4) is 0 Å². The first kappa shape index (κ1) is 16.8. The minimum Gasteiger partial charge on any atom is -0.334 e. The van der Waals surface area contributed by atoms with Gasteiger partial charge in [0.25, 0.3) is 0 Å². The largest absolute Gasteiger partial charge is 0.334 e. The molecule has 0 fully saturated rings. The zero-order valence-corrected chi connectivity index (χ0v) is 14.7. The predicted molar refractivity (Wildman–Crippen MR) is 93.0 cm³/mol.